The maximum atomic E-state index is 6.02. The van der Waals surface area contributed by atoms with Gasteiger partial charge in [0.15, 0.2) is 0 Å². The molecule has 0 aromatic carbocycles. The van der Waals surface area contributed by atoms with Crippen LogP contribution in [0.2, 0.25) is 13.6 Å². The molecule has 6 heteroatoms. The lowest BCUT2D eigenvalue weighted by Crippen LogP contribution is -2.65. The number of hydrogen-bond donors (Lipinski definition) is 0. The van der Waals surface area contributed by atoms with Gasteiger partial charge in [0, 0.05) is 0 Å². The van der Waals surface area contributed by atoms with Gasteiger partial charge in [0.05, 0.1) is 22.9 Å². The van der Waals surface area contributed by atoms with E-state index in [0.29, 0.717) is 17.4 Å². The molecule has 5 aliphatic rings. The van der Waals surface area contributed by atoms with E-state index in [4.69, 9.17) is 18.6 Å². The second-order valence-electron chi connectivity index (χ2n) is 9.86. The van der Waals surface area contributed by atoms with E-state index in [-0.39, 0.29) is 31.0 Å². The lowest BCUT2D eigenvalue weighted by molar-refractivity contribution is -0.199. The monoisotopic (exact) mass is 336 g/mol. The van der Waals surface area contributed by atoms with E-state index < -0.39 is 0 Å². The van der Waals surface area contributed by atoms with Crippen LogP contribution in [-0.4, -0.2) is 37.1 Å². The molecule has 3 saturated carbocycles. The van der Waals surface area contributed by atoms with Gasteiger partial charge in [0.25, 0.3) is 0 Å². The molecule has 2 saturated heterocycles. The quantitative estimate of drug-likeness (QED) is 0.626. The molecule has 2 bridgehead atoms. The van der Waals surface area contributed by atoms with Crippen LogP contribution in [0.15, 0.2) is 0 Å². The molecule has 4 unspecified atom stereocenters. The summed E-state index contributed by atoms with van der Waals surface area (Å²) in [7, 11) is -0.0647. The first-order chi connectivity index (χ1) is 10.8. The average molecular weight is 336 g/mol. The summed E-state index contributed by atoms with van der Waals surface area (Å²) in [5.41, 5.74) is 0.148. The van der Waals surface area contributed by atoms with Gasteiger partial charge in [0.2, 0.25) is 0 Å². The molecule has 4 nitrogen and oxygen atoms in total. The number of rotatable bonds is 0. The van der Waals surface area contributed by atoms with E-state index in [1.54, 1.807) is 0 Å². The van der Waals surface area contributed by atoms with Gasteiger partial charge in [0.1, 0.15) is 0 Å². The second kappa shape index (κ2) is 5.48. The molecule has 2 heterocycles. The lowest BCUT2D eigenvalue weighted by atomic mass is 9.43. The van der Waals surface area contributed by atoms with Crippen LogP contribution in [0.5, 0.6) is 0 Å². The Kier molecular flexibility index (Phi) is 4.28. The standard InChI is InChI=1S/C11H19BO2.C7H15BO2/c1-10(2)7-5-8(10)11(3)9(6-7)13-12(4)14-11;1-6(2)7(3,4)10-8(5)9-6/h7-9H,5-6H2,1-4H3;1-5H3. The fourth-order valence-corrected chi connectivity index (χ4v) is 5.21. The van der Waals surface area contributed by atoms with Gasteiger partial charge in [-0.05, 0) is 78.4 Å². The maximum absolute atomic E-state index is 6.02. The van der Waals surface area contributed by atoms with Crippen molar-refractivity contribution in [3.8, 4) is 0 Å². The molecule has 0 aromatic heterocycles. The molecule has 5 fully saturated rings. The van der Waals surface area contributed by atoms with Gasteiger partial charge in [-0.25, -0.2) is 0 Å². The third-order valence-electron chi connectivity index (χ3n) is 7.45. The summed E-state index contributed by atoms with van der Waals surface area (Å²) < 4.78 is 22.9. The van der Waals surface area contributed by atoms with Gasteiger partial charge in [-0.15, -0.1) is 0 Å². The second-order valence-corrected chi connectivity index (χ2v) is 9.86. The predicted molar refractivity (Wildman–Crippen MR) is 97.9 cm³/mol. The maximum Gasteiger partial charge on any atom is 0.454 e. The minimum atomic E-state index is -0.160. The van der Waals surface area contributed by atoms with Crippen LogP contribution in [0.25, 0.3) is 0 Å². The van der Waals surface area contributed by atoms with E-state index in [9.17, 15) is 0 Å². The summed E-state index contributed by atoms with van der Waals surface area (Å²) in [4.78, 5) is 0. The highest BCUT2D eigenvalue weighted by Gasteiger charge is 2.67. The molecule has 0 spiro atoms. The average Bonchev–Trinajstić information content (AvgIpc) is 2.79. The minimum Gasteiger partial charge on any atom is -0.406 e. The first kappa shape index (κ1) is 18.8. The van der Waals surface area contributed by atoms with Crippen molar-refractivity contribution in [2.45, 2.75) is 97.9 Å². The Morgan fingerprint density at radius 3 is 1.71 bits per heavy atom. The Hall–Kier alpha value is -0.0301. The van der Waals surface area contributed by atoms with Crippen molar-refractivity contribution >= 4 is 14.2 Å². The van der Waals surface area contributed by atoms with Crippen molar-refractivity contribution in [3.05, 3.63) is 0 Å². The van der Waals surface area contributed by atoms with E-state index >= 15 is 0 Å². The molecule has 0 aromatic rings. The van der Waals surface area contributed by atoms with E-state index in [1.165, 1.54) is 12.8 Å². The SMILES string of the molecule is CB1OC(C)(C)C(C)(C)O1.CB1OC2CC3CC(C3(C)C)C2(C)O1. The van der Waals surface area contributed by atoms with Gasteiger partial charge in [-0.3, -0.25) is 0 Å². The van der Waals surface area contributed by atoms with Crippen LogP contribution in [0.4, 0.5) is 0 Å². The molecule has 2 aliphatic heterocycles. The summed E-state index contributed by atoms with van der Waals surface area (Å²) in [5, 5.41) is 0. The van der Waals surface area contributed by atoms with E-state index in [0.717, 1.165) is 5.92 Å². The first-order valence-corrected chi connectivity index (χ1v) is 9.48. The Bertz CT molecular complexity index is 491. The summed E-state index contributed by atoms with van der Waals surface area (Å²) in [6.07, 6.45) is 2.90. The predicted octanol–water partition coefficient (Wildman–Crippen LogP) is 4.05. The van der Waals surface area contributed by atoms with Gasteiger partial charge < -0.3 is 18.6 Å². The molecule has 24 heavy (non-hydrogen) atoms. The van der Waals surface area contributed by atoms with Gasteiger partial charge in [-0.2, -0.15) is 0 Å². The molecule has 3 aliphatic carbocycles. The van der Waals surface area contributed by atoms with Crippen LogP contribution in [0, 0.1) is 17.3 Å². The smallest absolute Gasteiger partial charge is 0.406 e. The van der Waals surface area contributed by atoms with Gasteiger partial charge in [-0.1, -0.05) is 13.8 Å². The highest BCUT2D eigenvalue weighted by molar-refractivity contribution is 6.43. The van der Waals surface area contributed by atoms with Crippen molar-refractivity contribution in [2.75, 3.05) is 0 Å². The van der Waals surface area contributed by atoms with Crippen molar-refractivity contribution < 1.29 is 18.6 Å². The van der Waals surface area contributed by atoms with Crippen LogP contribution >= 0.6 is 0 Å². The molecule has 0 N–H and O–H groups in total. The first-order valence-electron chi connectivity index (χ1n) is 9.48. The normalized spacial score (nSPS) is 43.6. The molecule has 0 amide bonds. The topological polar surface area (TPSA) is 36.9 Å². The Labute approximate surface area is 148 Å². The summed E-state index contributed by atoms with van der Waals surface area (Å²) >= 11 is 0. The third kappa shape index (κ3) is 2.69. The fraction of sp³-hybridized carbons (Fsp3) is 1.00. The third-order valence-corrected chi connectivity index (χ3v) is 7.45. The van der Waals surface area contributed by atoms with Crippen molar-refractivity contribution in [2.24, 2.45) is 17.3 Å². The fourth-order valence-electron chi connectivity index (χ4n) is 5.21. The molecular formula is C18H34B2O4. The summed E-state index contributed by atoms with van der Waals surface area (Å²) in [5.74, 6) is 1.56. The van der Waals surface area contributed by atoms with E-state index in [2.05, 4.69) is 48.5 Å². The van der Waals surface area contributed by atoms with Crippen LogP contribution < -0.4 is 0 Å². The zero-order chi connectivity index (χ0) is 18.1. The Morgan fingerprint density at radius 2 is 1.29 bits per heavy atom. The zero-order valence-corrected chi connectivity index (χ0v) is 16.9. The minimum absolute atomic E-state index is 0.000139. The summed E-state index contributed by atoms with van der Waals surface area (Å²) in [6.45, 7) is 19.2. The van der Waals surface area contributed by atoms with Crippen molar-refractivity contribution in [3.63, 3.8) is 0 Å². The largest absolute Gasteiger partial charge is 0.454 e. The van der Waals surface area contributed by atoms with Crippen molar-refractivity contribution in [1.29, 1.82) is 0 Å². The lowest BCUT2D eigenvalue weighted by Gasteiger charge is -2.64. The number of hydrogen-bond acceptors (Lipinski definition) is 4. The highest BCUT2D eigenvalue weighted by Crippen LogP contribution is 2.65. The van der Waals surface area contributed by atoms with E-state index in [1.807, 2.05) is 13.6 Å². The molecular weight excluding hydrogens is 302 g/mol. The van der Waals surface area contributed by atoms with Crippen LogP contribution in [0.3, 0.4) is 0 Å². The zero-order valence-electron chi connectivity index (χ0n) is 16.9. The van der Waals surface area contributed by atoms with Gasteiger partial charge >= 0.3 is 14.2 Å². The molecule has 5 rings (SSSR count). The molecule has 0 radical (unpaired) electrons. The Balaban J connectivity index is 0.000000150. The molecule has 136 valence electrons. The highest BCUT2D eigenvalue weighted by atomic mass is 16.7. The van der Waals surface area contributed by atoms with Crippen LogP contribution in [0.1, 0.15) is 61.3 Å². The Morgan fingerprint density at radius 1 is 0.750 bits per heavy atom. The molecule has 4 atom stereocenters. The van der Waals surface area contributed by atoms with Crippen LogP contribution in [-0.2, 0) is 18.6 Å². The van der Waals surface area contributed by atoms with Crippen molar-refractivity contribution in [1.82, 2.24) is 0 Å². The summed E-state index contributed by atoms with van der Waals surface area (Å²) in [6, 6.07) is 0.